The van der Waals surface area contributed by atoms with Gasteiger partial charge in [-0.3, -0.25) is 0 Å². The lowest BCUT2D eigenvalue weighted by Crippen LogP contribution is -2.23. The summed E-state index contributed by atoms with van der Waals surface area (Å²) in [5.74, 6) is 0.553. The monoisotopic (exact) mass is 295 g/mol. The predicted octanol–water partition coefficient (Wildman–Crippen LogP) is 0.941. The molecule has 0 amide bonds. The molecule has 0 fully saturated rings. The van der Waals surface area contributed by atoms with Crippen LogP contribution in [0.4, 0.5) is 0 Å². The first-order valence-corrected chi connectivity index (χ1v) is 6.72. The second-order valence-corrected chi connectivity index (χ2v) is 4.81. The number of thioether (sulfide) groups is 1. The number of oxime groups is 1. The zero-order valence-electron chi connectivity index (χ0n) is 10.9. The van der Waals surface area contributed by atoms with Crippen molar-refractivity contribution in [3.8, 4) is 5.69 Å². The minimum Gasteiger partial charge on any atom is -0.244 e. The summed E-state index contributed by atoms with van der Waals surface area (Å²) in [6, 6.07) is 5.60. The van der Waals surface area contributed by atoms with Crippen LogP contribution in [0.2, 0.25) is 0 Å². The minimum atomic E-state index is -0.311. The molecular formula is C11H13N5O3S. The van der Waals surface area contributed by atoms with Gasteiger partial charge in [-0.05, 0) is 39.7 Å². The molecule has 106 valence electrons. The van der Waals surface area contributed by atoms with Crippen LogP contribution in [0, 0.1) is 6.92 Å². The van der Waals surface area contributed by atoms with Crippen molar-refractivity contribution < 1.29 is 10.2 Å². The van der Waals surface area contributed by atoms with Gasteiger partial charge in [-0.15, -0.1) is 11.8 Å². The number of hydrogen-bond donors (Lipinski definition) is 1. The normalized spacial score (nSPS) is 11.2. The van der Waals surface area contributed by atoms with E-state index in [1.807, 2.05) is 19.1 Å². The van der Waals surface area contributed by atoms with Crippen LogP contribution >= 0.6 is 11.8 Å². The molecule has 0 bridgehead atoms. The summed E-state index contributed by atoms with van der Waals surface area (Å²) in [4.78, 5) is 15.5. The van der Waals surface area contributed by atoms with Gasteiger partial charge in [-0.1, -0.05) is 12.1 Å². The van der Waals surface area contributed by atoms with E-state index in [9.17, 15) is 4.79 Å². The quantitative estimate of drug-likeness (QED) is 0.382. The number of rotatable bonds is 5. The van der Waals surface area contributed by atoms with Crippen LogP contribution in [0.25, 0.3) is 5.69 Å². The molecule has 0 aliphatic heterocycles. The molecule has 0 radical (unpaired) electrons. The molecule has 0 atom stereocenters. The van der Waals surface area contributed by atoms with E-state index in [2.05, 4.69) is 20.6 Å². The first-order chi connectivity index (χ1) is 9.65. The van der Waals surface area contributed by atoms with Gasteiger partial charge in [0.15, 0.2) is 0 Å². The van der Waals surface area contributed by atoms with Crippen molar-refractivity contribution in [2.24, 2.45) is 12.2 Å². The fourth-order valence-corrected chi connectivity index (χ4v) is 2.42. The molecule has 0 aliphatic carbocycles. The second kappa shape index (κ2) is 6.35. The molecule has 0 unspecified atom stereocenters. The van der Waals surface area contributed by atoms with Crippen LogP contribution in [0.15, 0.2) is 28.1 Å². The summed E-state index contributed by atoms with van der Waals surface area (Å²) < 4.78 is 2.42. The van der Waals surface area contributed by atoms with Crippen LogP contribution in [0.3, 0.4) is 0 Å². The average molecular weight is 295 g/mol. The fourth-order valence-electron chi connectivity index (χ4n) is 1.71. The van der Waals surface area contributed by atoms with Crippen LogP contribution in [-0.2, 0) is 17.8 Å². The second-order valence-electron chi connectivity index (χ2n) is 3.97. The van der Waals surface area contributed by atoms with E-state index in [-0.39, 0.29) is 5.69 Å². The molecule has 8 nitrogen and oxygen atoms in total. The third-order valence-electron chi connectivity index (χ3n) is 2.73. The van der Waals surface area contributed by atoms with E-state index in [1.54, 1.807) is 13.1 Å². The van der Waals surface area contributed by atoms with Gasteiger partial charge >= 0.3 is 5.69 Å². The Morgan fingerprint density at radius 1 is 1.50 bits per heavy atom. The van der Waals surface area contributed by atoms with Crippen molar-refractivity contribution in [2.45, 2.75) is 12.7 Å². The number of hydrogen-bond acceptors (Lipinski definition) is 7. The summed E-state index contributed by atoms with van der Waals surface area (Å²) >= 11 is 1.32. The Bertz CT molecular complexity index is 679. The van der Waals surface area contributed by atoms with Crippen LogP contribution in [-0.4, -0.2) is 30.6 Å². The third kappa shape index (κ3) is 2.89. The molecule has 1 aromatic heterocycles. The Balaban J connectivity index is 2.38. The summed E-state index contributed by atoms with van der Waals surface area (Å²) in [6.07, 6.45) is 0. The van der Waals surface area contributed by atoms with Gasteiger partial charge in [-0.2, -0.15) is 14.6 Å². The molecule has 0 aliphatic rings. The number of benzene rings is 1. The Hall–Kier alpha value is -2.13. The lowest BCUT2D eigenvalue weighted by Gasteiger charge is -2.09. The van der Waals surface area contributed by atoms with E-state index in [1.165, 1.54) is 26.7 Å². The van der Waals surface area contributed by atoms with Gasteiger partial charge < -0.3 is 0 Å². The zero-order chi connectivity index (χ0) is 14.5. The number of tetrazole rings is 1. The van der Waals surface area contributed by atoms with E-state index in [0.29, 0.717) is 11.4 Å². The average Bonchev–Trinajstić information content (AvgIpc) is 2.76. The standard InChI is InChI=1S/C11H13N5O3S/c1-8-4-3-5-10(9(8)6-20-7-12-19-18)16-11(17)15(2)13-14-16/h3-5,7,18H,6H2,1-2H3. The third-order valence-corrected chi connectivity index (χ3v) is 3.42. The SMILES string of the molecule is Cc1cccc(-n2nnn(C)c2=O)c1CSC=NOO. The van der Waals surface area contributed by atoms with E-state index in [4.69, 9.17) is 5.26 Å². The van der Waals surface area contributed by atoms with Gasteiger partial charge in [-0.25, -0.2) is 9.78 Å². The van der Waals surface area contributed by atoms with Crippen molar-refractivity contribution >= 4 is 17.3 Å². The number of aryl methyl sites for hydroxylation is 2. The van der Waals surface area contributed by atoms with Gasteiger partial charge in [0, 0.05) is 12.8 Å². The molecule has 0 saturated carbocycles. The van der Waals surface area contributed by atoms with E-state index in [0.717, 1.165) is 11.1 Å². The first-order valence-electron chi connectivity index (χ1n) is 5.67. The van der Waals surface area contributed by atoms with Gasteiger partial charge in [0.25, 0.3) is 0 Å². The zero-order valence-corrected chi connectivity index (χ0v) is 11.7. The highest BCUT2D eigenvalue weighted by Gasteiger charge is 2.12. The maximum Gasteiger partial charge on any atom is 0.368 e. The summed E-state index contributed by atoms with van der Waals surface area (Å²) in [5, 5.41) is 18.9. The maximum atomic E-state index is 11.9. The van der Waals surface area contributed by atoms with Crippen LogP contribution < -0.4 is 5.69 Å². The Morgan fingerprint density at radius 2 is 2.30 bits per heavy atom. The maximum absolute atomic E-state index is 11.9. The van der Waals surface area contributed by atoms with Crippen molar-refractivity contribution in [3.63, 3.8) is 0 Å². The van der Waals surface area contributed by atoms with Crippen LogP contribution in [0.5, 0.6) is 0 Å². The molecule has 1 N–H and O–H groups in total. The van der Waals surface area contributed by atoms with Crippen molar-refractivity contribution in [2.75, 3.05) is 0 Å². The fraction of sp³-hybridized carbons (Fsp3) is 0.273. The first kappa shape index (κ1) is 14.3. The van der Waals surface area contributed by atoms with Crippen molar-refractivity contribution in [1.82, 2.24) is 19.8 Å². The summed E-state index contributed by atoms with van der Waals surface area (Å²) in [5.41, 5.74) is 3.69. The smallest absolute Gasteiger partial charge is 0.244 e. The molecule has 1 aromatic carbocycles. The lowest BCUT2D eigenvalue weighted by atomic mass is 10.1. The topological polar surface area (TPSA) is 94.5 Å². The lowest BCUT2D eigenvalue weighted by molar-refractivity contribution is -0.242. The minimum absolute atomic E-state index is 0.311. The van der Waals surface area contributed by atoms with Gasteiger partial charge in [0.1, 0.15) is 5.55 Å². The van der Waals surface area contributed by atoms with Crippen molar-refractivity contribution in [1.29, 1.82) is 0 Å². The van der Waals surface area contributed by atoms with Crippen molar-refractivity contribution in [3.05, 3.63) is 39.8 Å². The van der Waals surface area contributed by atoms with Gasteiger partial charge in [0.05, 0.1) is 5.69 Å². The molecular weight excluding hydrogens is 282 g/mol. The molecule has 1 heterocycles. The highest BCUT2D eigenvalue weighted by molar-refractivity contribution is 8.11. The van der Waals surface area contributed by atoms with Crippen LogP contribution in [0.1, 0.15) is 11.1 Å². The molecule has 0 saturated heterocycles. The van der Waals surface area contributed by atoms with E-state index < -0.39 is 0 Å². The molecule has 2 rings (SSSR count). The Morgan fingerprint density at radius 3 is 2.95 bits per heavy atom. The Kier molecular flexibility index (Phi) is 4.53. The van der Waals surface area contributed by atoms with E-state index >= 15 is 0 Å². The highest BCUT2D eigenvalue weighted by atomic mass is 32.2. The number of aromatic nitrogens is 4. The molecule has 20 heavy (non-hydrogen) atoms. The predicted molar refractivity (Wildman–Crippen MR) is 74.8 cm³/mol. The summed E-state index contributed by atoms with van der Waals surface area (Å²) in [7, 11) is 1.54. The largest absolute Gasteiger partial charge is 0.368 e. The summed E-state index contributed by atoms with van der Waals surface area (Å²) in [6.45, 7) is 1.94. The van der Waals surface area contributed by atoms with Gasteiger partial charge in [0.2, 0.25) is 0 Å². The molecule has 9 heteroatoms. The Labute approximate surface area is 118 Å². The number of nitrogens with zero attached hydrogens (tertiary/aromatic N) is 5. The molecule has 0 spiro atoms. The molecule has 2 aromatic rings. The highest BCUT2D eigenvalue weighted by Crippen LogP contribution is 2.21.